The van der Waals surface area contributed by atoms with Gasteiger partial charge in [0, 0.05) is 47.9 Å². The highest BCUT2D eigenvalue weighted by molar-refractivity contribution is 9.10. The van der Waals surface area contributed by atoms with Gasteiger partial charge in [0.05, 0.1) is 11.6 Å². The van der Waals surface area contributed by atoms with Crippen molar-refractivity contribution in [3.05, 3.63) is 93.7 Å². The van der Waals surface area contributed by atoms with E-state index in [1.807, 2.05) is 44.1 Å². The second-order valence-electron chi connectivity index (χ2n) is 7.82. The maximum Gasteiger partial charge on any atom is 0.300 e. The van der Waals surface area contributed by atoms with Gasteiger partial charge in [0.25, 0.3) is 11.7 Å². The standard InChI is InChI=1S/C25H22BrN3O3/c1-15-14-17(4-9-20(15)26)23(30)21-22(16-10-12-27-13-11-16)29(25(32)24(21)31)19-7-5-18(6-8-19)28(2)3/h4-14,22,30H,1-3H3/b23-21-. The van der Waals surface area contributed by atoms with Crippen molar-refractivity contribution in [1.29, 1.82) is 0 Å². The first-order valence-electron chi connectivity index (χ1n) is 10.0. The summed E-state index contributed by atoms with van der Waals surface area (Å²) < 4.78 is 0.890. The molecule has 0 radical (unpaired) electrons. The van der Waals surface area contributed by atoms with E-state index in [9.17, 15) is 14.7 Å². The van der Waals surface area contributed by atoms with Gasteiger partial charge in [-0.25, -0.2) is 0 Å². The smallest absolute Gasteiger partial charge is 0.300 e. The Morgan fingerprint density at radius 1 is 1.03 bits per heavy atom. The summed E-state index contributed by atoms with van der Waals surface area (Å²) in [5.41, 5.74) is 3.67. The Morgan fingerprint density at radius 2 is 1.69 bits per heavy atom. The molecule has 1 aromatic heterocycles. The molecule has 162 valence electrons. The van der Waals surface area contributed by atoms with Crippen LogP contribution in [0.15, 0.2) is 77.0 Å². The fourth-order valence-electron chi connectivity index (χ4n) is 3.82. The number of anilines is 2. The number of pyridine rings is 1. The van der Waals surface area contributed by atoms with Crippen molar-refractivity contribution in [3.63, 3.8) is 0 Å². The molecule has 1 aliphatic rings. The van der Waals surface area contributed by atoms with Gasteiger partial charge < -0.3 is 10.0 Å². The van der Waals surface area contributed by atoms with E-state index in [0.29, 0.717) is 16.8 Å². The van der Waals surface area contributed by atoms with Crippen molar-refractivity contribution in [2.45, 2.75) is 13.0 Å². The number of Topliss-reactive ketones (excluding diaryl/α,β-unsaturated/α-hetero) is 1. The molecule has 0 bridgehead atoms. The molecule has 4 rings (SSSR count). The molecule has 0 saturated carbocycles. The minimum absolute atomic E-state index is 0.0552. The monoisotopic (exact) mass is 491 g/mol. The zero-order valence-corrected chi connectivity index (χ0v) is 19.5. The average molecular weight is 492 g/mol. The van der Waals surface area contributed by atoms with Gasteiger partial charge >= 0.3 is 0 Å². The van der Waals surface area contributed by atoms with Crippen LogP contribution < -0.4 is 9.80 Å². The first kappa shape index (κ1) is 21.8. The van der Waals surface area contributed by atoms with Crippen LogP contribution in [-0.4, -0.2) is 35.9 Å². The van der Waals surface area contributed by atoms with Crippen molar-refractivity contribution in [3.8, 4) is 0 Å². The third-order valence-corrected chi connectivity index (χ3v) is 6.43. The van der Waals surface area contributed by atoms with Gasteiger partial charge in [-0.1, -0.05) is 22.0 Å². The van der Waals surface area contributed by atoms with Gasteiger partial charge in [-0.2, -0.15) is 0 Å². The molecule has 1 N–H and O–H groups in total. The Balaban J connectivity index is 1.90. The number of hydrogen-bond donors (Lipinski definition) is 1. The average Bonchev–Trinajstić information content (AvgIpc) is 3.06. The number of nitrogens with zero attached hydrogens (tertiary/aromatic N) is 3. The molecule has 1 aliphatic heterocycles. The number of halogens is 1. The van der Waals surface area contributed by atoms with Gasteiger partial charge in [0.15, 0.2) is 0 Å². The minimum atomic E-state index is -0.771. The molecule has 0 aliphatic carbocycles. The summed E-state index contributed by atoms with van der Waals surface area (Å²) in [6, 6.07) is 15.4. The van der Waals surface area contributed by atoms with E-state index in [-0.39, 0.29) is 11.3 Å². The molecule has 6 nitrogen and oxygen atoms in total. The second-order valence-corrected chi connectivity index (χ2v) is 8.68. The van der Waals surface area contributed by atoms with Crippen LogP contribution in [0.4, 0.5) is 11.4 Å². The lowest BCUT2D eigenvalue weighted by molar-refractivity contribution is -0.132. The number of carbonyl (C=O) groups is 2. The third-order valence-electron chi connectivity index (χ3n) is 5.54. The summed E-state index contributed by atoms with van der Waals surface area (Å²) >= 11 is 3.45. The van der Waals surface area contributed by atoms with Crippen molar-refractivity contribution < 1.29 is 14.7 Å². The van der Waals surface area contributed by atoms with Crippen LogP contribution in [0.1, 0.15) is 22.7 Å². The number of aryl methyl sites for hydroxylation is 1. The van der Waals surface area contributed by atoms with Crippen molar-refractivity contribution in [2.75, 3.05) is 23.9 Å². The van der Waals surface area contributed by atoms with E-state index in [4.69, 9.17) is 0 Å². The van der Waals surface area contributed by atoms with Gasteiger partial charge in [0.2, 0.25) is 0 Å². The minimum Gasteiger partial charge on any atom is -0.507 e. The quantitative estimate of drug-likeness (QED) is 0.321. The van der Waals surface area contributed by atoms with E-state index in [2.05, 4.69) is 20.9 Å². The number of aromatic nitrogens is 1. The van der Waals surface area contributed by atoms with Crippen LogP contribution in [0.25, 0.3) is 5.76 Å². The number of carbonyl (C=O) groups excluding carboxylic acids is 2. The van der Waals surface area contributed by atoms with E-state index in [1.165, 1.54) is 4.90 Å². The Hall–Kier alpha value is -3.45. The molecule has 2 aromatic carbocycles. The summed E-state index contributed by atoms with van der Waals surface area (Å²) in [6.07, 6.45) is 3.21. The zero-order chi connectivity index (χ0) is 23.0. The van der Waals surface area contributed by atoms with Gasteiger partial charge in [-0.15, -0.1) is 0 Å². The van der Waals surface area contributed by atoms with E-state index < -0.39 is 17.7 Å². The summed E-state index contributed by atoms with van der Waals surface area (Å²) in [6.45, 7) is 1.89. The van der Waals surface area contributed by atoms with E-state index in [1.54, 1.807) is 48.8 Å². The Bertz CT molecular complexity index is 1220. The van der Waals surface area contributed by atoms with Crippen molar-refractivity contribution >= 4 is 44.8 Å². The highest BCUT2D eigenvalue weighted by Gasteiger charge is 2.47. The predicted molar refractivity (Wildman–Crippen MR) is 129 cm³/mol. The van der Waals surface area contributed by atoms with Crippen LogP contribution >= 0.6 is 15.9 Å². The summed E-state index contributed by atoms with van der Waals surface area (Å²) in [4.78, 5) is 33.8. The largest absolute Gasteiger partial charge is 0.507 e. The number of benzene rings is 2. The van der Waals surface area contributed by atoms with Crippen molar-refractivity contribution in [1.82, 2.24) is 4.98 Å². The van der Waals surface area contributed by atoms with Crippen molar-refractivity contribution in [2.24, 2.45) is 0 Å². The third kappa shape index (κ3) is 3.80. The predicted octanol–water partition coefficient (Wildman–Crippen LogP) is 4.84. The molecule has 32 heavy (non-hydrogen) atoms. The van der Waals surface area contributed by atoms with Crippen LogP contribution in [0.3, 0.4) is 0 Å². The molecule has 7 heteroatoms. The molecule has 0 spiro atoms. The Morgan fingerprint density at radius 3 is 2.28 bits per heavy atom. The lowest BCUT2D eigenvalue weighted by Gasteiger charge is -2.26. The Labute approximate surface area is 194 Å². The fourth-order valence-corrected chi connectivity index (χ4v) is 4.07. The molecule has 2 heterocycles. The first-order valence-corrected chi connectivity index (χ1v) is 10.8. The van der Waals surface area contributed by atoms with E-state index >= 15 is 0 Å². The molecular weight excluding hydrogens is 470 g/mol. The lowest BCUT2D eigenvalue weighted by Crippen LogP contribution is -2.29. The number of aliphatic hydroxyl groups excluding tert-OH is 1. The maximum atomic E-state index is 13.2. The first-order chi connectivity index (χ1) is 15.3. The van der Waals surface area contributed by atoms with Gasteiger partial charge in [0.1, 0.15) is 5.76 Å². The fraction of sp³-hybridized carbons (Fsp3) is 0.160. The summed E-state index contributed by atoms with van der Waals surface area (Å²) in [5.74, 6) is -1.60. The molecule has 1 unspecified atom stereocenters. The Kier molecular flexibility index (Phi) is 5.84. The number of rotatable bonds is 4. The lowest BCUT2D eigenvalue weighted by atomic mass is 9.95. The number of amides is 1. The van der Waals surface area contributed by atoms with Gasteiger partial charge in [-0.3, -0.25) is 19.5 Å². The molecule has 1 fully saturated rings. The van der Waals surface area contributed by atoms with Crippen LogP contribution in [-0.2, 0) is 9.59 Å². The molecule has 3 aromatic rings. The number of hydrogen-bond acceptors (Lipinski definition) is 5. The maximum absolute atomic E-state index is 13.2. The number of ketones is 1. The molecule has 1 saturated heterocycles. The van der Waals surface area contributed by atoms with Crippen LogP contribution in [0.2, 0.25) is 0 Å². The summed E-state index contributed by atoms with van der Waals surface area (Å²) in [7, 11) is 3.86. The van der Waals surface area contributed by atoms with E-state index in [0.717, 1.165) is 15.7 Å². The molecular formula is C25H22BrN3O3. The second kappa shape index (κ2) is 8.59. The molecule has 1 amide bonds. The number of aliphatic hydroxyl groups is 1. The zero-order valence-electron chi connectivity index (χ0n) is 17.9. The van der Waals surface area contributed by atoms with Crippen LogP contribution in [0, 0.1) is 6.92 Å². The topological polar surface area (TPSA) is 73.7 Å². The normalized spacial score (nSPS) is 17.6. The summed E-state index contributed by atoms with van der Waals surface area (Å²) in [5, 5.41) is 11.2. The van der Waals surface area contributed by atoms with Gasteiger partial charge in [-0.05, 0) is 66.6 Å². The SMILES string of the molecule is Cc1cc(/C(O)=C2/C(=O)C(=O)N(c3ccc(N(C)C)cc3)C2c2ccncc2)ccc1Br. The van der Waals surface area contributed by atoms with Crippen LogP contribution in [0.5, 0.6) is 0 Å². The highest BCUT2D eigenvalue weighted by Crippen LogP contribution is 2.42. The highest BCUT2D eigenvalue weighted by atomic mass is 79.9. The molecule has 1 atom stereocenters.